The van der Waals surface area contributed by atoms with Crippen molar-refractivity contribution in [1.82, 2.24) is 4.90 Å². The van der Waals surface area contributed by atoms with Crippen molar-refractivity contribution >= 4 is 11.5 Å². The van der Waals surface area contributed by atoms with E-state index in [-0.39, 0.29) is 11.2 Å². The highest BCUT2D eigenvalue weighted by atomic mass is 16.5. The van der Waals surface area contributed by atoms with Crippen LogP contribution in [0.3, 0.4) is 0 Å². The van der Waals surface area contributed by atoms with Crippen molar-refractivity contribution in [2.24, 2.45) is 0 Å². The number of ketones is 1. The van der Waals surface area contributed by atoms with Crippen molar-refractivity contribution in [3.05, 3.63) is 53.1 Å². The van der Waals surface area contributed by atoms with Crippen LogP contribution < -0.4 is 4.90 Å². The van der Waals surface area contributed by atoms with Crippen LogP contribution in [0.5, 0.6) is 0 Å². The molecule has 1 heterocycles. The van der Waals surface area contributed by atoms with Gasteiger partial charge in [-0.15, -0.1) is 0 Å². The quantitative estimate of drug-likeness (QED) is 0.358. The second kappa shape index (κ2) is 10.4. The zero-order chi connectivity index (χ0) is 25.2. The Kier molecular flexibility index (Phi) is 7.73. The maximum atomic E-state index is 13.9. The normalized spacial score (nSPS) is 17.2. The van der Waals surface area contributed by atoms with Gasteiger partial charge in [0.1, 0.15) is 0 Å². The molecule has 0 amide bonds. The first-order valence-electron chi connectivity index (χ1n) is 13.8. The number of ether oxygens (including phenoxy) is 1. The predicted octanol–water partition coefficient (Wildman–Crippen LogP) is 6.69. The summed E-state index contributed by atoms with van der Waals surface area (Å²) in [5.74, 6) is 0.212. The van der Waals surface area contributed by atoms with Gasteiger partial charge in [-0.3, -0.25) is 9.69 Å². The monoisotopic (exact) mass is 476 g/mol. The number of hydrogen-bond acceptors (Lipinski definition) is 4. The molecule has 190 valence electrons. The second-order valence-corrected chi connectivity index (χ2v) is 10.7. The molecule has 2 aromatic rings. The van der Waals surface area contributed by atoms with Crippen molar-refractivity contribution < 1.29 is 9.53 Å². The minimum absolute atomic E-state index is 0.0310. The van der Waals surface area contributed by atoms with Gasteiger partial charge in [-0.25, -0.2) is 0 Å². The summed E-state index contributed by atoms with van der Waals surface area (Å²) in [4.78, 5) is 18.6. The summed E-state index contributed by atoms with van der Waals surface area (Å²) in [7, 11) is 0. The minimum Gasteiger partial charge on any atom is -0.379 e. The number of Topliss-reactive ketones (excluding diaryl/α,β-unsaturated/α-hetero) is 1. The molecule has 1 fully saturated rings. The molecule has 1 aliphatic heterocycles. The standard InChI is InChI=1S/C31H44N2O2/c1-7-15-31(16-8-2)27-21-23(29(34)30(5,6)33-17-19-35-20-18-33)11-13-25(27)26-14-12-24(22-28(26)31)32(9-3)10-4/h11-14,21-22H,7-10,15-20H2,1-6H3. The summed E-state index contributed by atoms with van der Waals surface area (Å²) in [5, 5.41) is 0. The highest BCUT2D eigenvalue weighted by Gasteiger charge is 2.43. The Morgan fingerprint density at radius 1 is 0.914 bits per heavy atom. The molecule has 2 aliphatic rings. The third-order valence-electron chi connectivity index (χ3n) is 8.45. The maximum Gasteiger partial charge on any atom is 0.182 e. The van der Waals surface area contributed by atoms with Crippen LogP contribution in [0, 0.1) is 0 Å². The number of carbonyl (C=O) groups is 1. The van der Waals surface area contributed by atoms with E-state index in [1.165, 1.54) is 27.9 Å². The topological polar surface area (TPSA) is 32.8 Å². The largest absolute Gasteiger partial charge is 0.379 e. The molecule has 1 aliphatic carbocycles. The third-order valence-corrected chi connectivity index (χ3v) is 8.45. The van der Waals surface area contributed by atoms with E-state index in [9.17, 15) is 4.79 Å². The van der Waals surface area contributed by atoms with Crippen LogP contribution in [0.1, 0.15) is 88.7 Å². The molecule has 1 saturated heterocycles. The fourth-order valence-electron chi connectivity index (χ4n) is 6.55. The molecule has 0 atom stereocenters. The number of fused-ring (bicyclic) bond motifs is 3. The van der Waals surface area contributed by atoms with E-state index in [1.807, 2.05) is 0 Å². The summed E-state index contributed by atoms with van der Waals surface area (Å²) in [6, 6.07) is 13.6. The highest BCUT2D eigenvalue weighted by Crippen LogP contribution is 2.55. The van der Waals surface area contributed by atoms with Gasteiger partial charge in [0.15, 0.2) is 5.78 Å². The molecule has 0 saturated carbocycles. The van der Waals surface area contributed by atoms with Gasteiger partial charge in [0.05, 0.1) is 18.8 Å². The van der Waals surface area contributed by atoms with Gasteiger partial charge in [0.2, 0.25) is 0 Å². The zero-order valence-corrected chi connectivity index (χ0v) is 22.7. The molecular formula is C31H44N2O2. The van der Waals surface area contributed by atoms with Crippen LogP contribution >= 0.6 is 0 Å². The number of nitrogens with zero attached hydrogens (tertiary/aromatic N) is 2. The van der Waals surface area contributed by atoms with Crippen molar-refractivity contribution in [2.45, 2.75) is 78.2 Å². The van der Waals surface area contributed by atoms with E-state index in [0.717, 1.165) is 57.4 Å². The van der Waals surface area contributed by atoms with E-state index in [4.69, 9.17) is 4.74 Å². The van der Waals surface area contributed by atoms with Crippen LogP contribution in [0.4, 0.5) is 5.69 Å². The molecule has 4 heteroatoms. The van der Waals surface area contributed by atoms with E-state index in [2.05, 4.69) is 87.7 Å². The lowest BCUT2D eigenvalue weighted by Crippen LogP contribution is -2.54. The summed E-state index contributed by atoms with van der Waals surface area (Å²) >= 11 is 0. The lowest BCUT2D eigenvalue weighted by atomic mass is 9.71. The number of rotatable bonds is 10. The minimum atomic E-state index is -0.544. The molecule has 35 heavy (non-hydrogen) atoms. The third kappa shape index (κ3) is 4.44. The van der Waals surface area contributed by atoms with E-state index in [1.54, 1.807) is 0 Å². The zero-order valence-electron chi connectivity index (χ0n) is 22.7. The van der Waals surface area contributed by atoms with Gasteiger partial charge >= 0.3 is 0 Å². The summed E-state index contributed by atoms with van der Waals surface area (Å²) in [6.45, 7) is 18.2. The number of hydrogen-bond donors (Lipinski definition) is 0. The number of anilines is 1. The van der Waals surface area contributed by atoms with Crippen LogP contribution in [-0.2, 0) is 10.2 Å². The van der Waals surface area contributed by atoms with Gasteiger partial charge in [-0.2, -0.15) is 0 Å². The first-order valence-corrected chi connectivity index (χ1v) is 13.8. The molecule has 4 nitrogen and oxygen atoms in total. The fourth-order valence-corrected chi connectivity index (χ4v) is 6.55. The first kappa shape index (κ1) is 25.9. The summed E-state index contributed by atoms with van der Waals surface area (Å²) in [6.07, 6.45) is 4.44. The molecule has 2 aromatic carbocycles. The Morgan fingerprint density at radius 2 is 1.49 bits per heavy atom. The van der Waals surface area contributed by atoms with E-state index in [0.29, 0.717) is 13.2 Å². The van der Waals surface area contributed by atoms with Crippen molar-refractivity contribution in [1.29, 1.82) is 0 Å². The van der Waals surface area contributed by atoms with Crippen LogP contribution in [0.2, 0.25) is 0 Å². The van der Waals surface area contributed by atoms with Crippen LogP contribution in [0.15, 0.2) is 36.4 Å². The molecule has 0 aromatic heterocycles. The van der Waals surface area contributed by atoms with Crippen LogP contribution in [-0.4, -0.2) is 55.6 Å². The van der Waals surface area contributed by atoms with Gasteiger partial charge in [0.25, 0.3) is 0 Å². The lowest BCUT2D eigenvalue weighted by Gasteiger charge is -2.39. The Balaban J connectivity index is 1.82. The lowest BCUT2D eigenvalue weighted by molar-refractivity contribution is -0.00430. The smallest absolute Gasteiger partial charge is 0.182 e. The Labute approximate surface area is 212 Å². The van der Waals surface area contributed by atoms with Gasteiger partial charge in [-0.1, -0.05) is 44.9 Å². The first-order chi connectivity index (χ1) is 16.8. The number of morpholine rings is 1. The Morgan fingerprint density at radius 3 is 2.06 bits per heavy atom. The summed E-state index contributed by atoms with van der Waals surface area (Å²) in [5.41, 5.74) is 7.05. The Hall–Kier alpha value is -2.17. The predicted molar refractivity (Wildman–Crippen MR) is 147 cm³/mol. The maximum absolute atomic E-state index is 13.9. The van der Waals surface area contributed by atoms with Gasteiger partial charge < -0.3 is 9.64 Å². The molecule has 0 spiro atoms. The summed E-state index contributed by atoms with van der Waals surface area (Å²) < 4.78 is 5.54. The van der Waals surface area contributed by atoms with Gasteiger partial charge in [0, 0.05) is 42.8 Å². The molecule has 0 unspecified atom stereocenters. The molecular weight excluding hydrogens is 432 g/mol. The average Bonchev–Trinajstić information content (AvgIpc) is 3.14. The molecule has 4 rings (SSSR count). The number of benzene rings is 2. The molecule has 0 bridgehead atoms. The van der Waals surface area contributed by atoms with Crippen LogP contribution in [0.25, 0.3) is 11.1 Å². The second-order valence-electron chi connectivity index (χ2n) is 10.7. The van der Waals surface area contributed by atoms with Gasteiger partial charge in [-0.05, 0) is 81.0 Å². The van der Waals surface area contributed by atoms with Crippen molar-refractivity contribution in [3.63, 3.8) is 0 Å². The molecule has 0 radical (unpaired) electrons. The van der Waals surface area contributed by atoms with Crippen molar-refractivity contribution in [2.75, 3.05) is 44.3 Å². The highest BCUT2D eigenvalue weighted by molar-refractivity contribution is 6.03. The average molecular weight is 477 g/mol. The Bertz CT molecular complexity index is 1040. The SMILES string of the molecule is CCCC1(CCC)c2cc(C(=O)C(C)(C)N3CCOCC3)ccc2-c2ccc(N(CC)CC)cc21. The number of carbonyl (C=O) groups excluding carboxylic acids is 1. The van der Waals surface area contributed by atoms with E-state index >= 15 is 0 Å². The van der Waals surface area contributed by atoms with Crippen molar-refractivity contribution in [3.8, 4) is 11.1 Å². The van der Waals surface area contributed by atoms with E-state index < -0.39 is 5.54 Å². The fraction of sp³-hybridized carbons (Fsp3) is 0.581. The molecule has 0 N–H and O–H groups in total.